The molecule has 5 rings (SSSR count). The maximum absolute atomic E-state index is 13.1. The van der Waals surface area contributed by atoms with E-state index in [1.54, 1.807) is 12.1 Å². The average molecular weight is 376 g/mol. The topological polar surface area (TPSA) is 36.0 Å². The van der Waals surface area contributed by atoms with Crippen molar-refractivity contribution in [2.75, 3.05) is 45.9 Å². The molecule has 26 heavy (non-hydrogen) atoms. The van der Waals surface area contributed by atoms with Crippen LogP contribution in [-0.4, -0.2) is 84.2 Å². The molecule has 1 amide bonds. The highest BCUT2D eigenvalue weighted by Crippen LogP contribution is 2.40. The maximum atomic E-state index is 13.1. The van der Waals surface area contributed by atoms with Crippen molar-refractivity contribution >= 4 is 17.5 Å². The highest BCUT2D eigenvalue weighted by molar-refractivity contribution is 6.30. The van der Waals surface area contributed by atoms with Gasteiger partial charge in [0.1, 0.15) is 0 Å². The lowest BCUT2D eigenvalue weighted by Gasteiger charge is -2.65. The van der Waals surface area contributed by atoms with E-state index in [2.05, 4.69) is 14.7 Å². The second-order valence-corrected chi connectivity index (χ2v) is 8.77. The molecule has 3 saturated heterocycles. The molecule has 1 aromatic carbocycles. The number of ether oxygens (including phenoxy) is 1. The predicted octanol–water partition coefficient (Wildman–Crippen LogP) is 2.10. The summed E-state index contributed by atoms with van der Waals surface area (Å²) in [6, 6.07) is 8.36. The fourth-order valence-corrected chi connectivity index (χ4v) is 5.25. The van der Waals surface area contributed by atoms with Crippen LogP contribution in [0.15, 0.2) is 24.3 Å². The Morgan fingerprint density at radius 1 is 1.12 bits per heavy atom. The number of piperazine rings is 1. The molecule has 1 atom stereocenters. The minimum absolute atomic E-state index is 0.115. The third-order valence-electron chi connectivity index (χ3n) is 6.72. The first-order valence-corrected chi connectivity index (χ1v) is 10.2. The van der Waals surface area contributed by atoms with E-state index in [1.807, 2.05) is 12.1 Å². The smallest absolute Gasteiger partial charge is 0.253 e. The number of benzene rings is 1. The van der Waals surface area contributed by atoms with Gasteiger partial charge in [-0.25, -0.2) is 0 Å². The highest BCUT2D eigenvalue weighted by atomic mass is 35.5. The molecule has 140 valence electrons. The molecule has 0 radical (unpaired) electrons. The van der Waals surface area contributed by atoms with Gasteiger partial charge in [0.2, 0.25) is 0 Å². The molecule has 3 aliphatic heterocycles. The number of halogens is 1. The number of hydrogen-bond donors (Lipinski definition) is 0. The van der Waals surface area contributed by atoms with E-state index in [0.717, 1.165) is 57.5 Å². The third-order valence-corrected chi connectivity index (χ3v) is 6.97. The third kappa shape index (κ3) is 2.76. The van der Waals surface area contributed by atoms with Crippen LogP contribution >= 0.6 is 11.6 Å². The molecule has 3 heterocycles. The van der Waals surface area contributed by atoms with Gasteiger partial charge < -0.3 is 9.64 Å². The van der Waals surface area contributed by atoms with E-state index < -0.39 is 0 Å². The maximum Gasteiger partial charge on any atom is 0.253 e. The van der Waals surface area contributed by atoms with Gasteiger partial charge in [0, 0.05) is 49.4 Å². The van der Waals surface area contributed by atoms with E-state index in [4.69, 9.17) is 16.3 Å². The highest BCUT2D eigenvalue weighted by Gasteiger charge is 2.56. The Bertz CT molecular complexity index is 685. The fourth-order valence-electron chi connectivity index (χ4n) is 5.13. The molecular weight excluding hydrogens is 350 g/mol. The molecule has 5 nitrogen and oxygen atoms in total. The van der Waals surface area contributed by atoms with Crippen LogP contribution in [0.1, 0.15) is 29.6 Å². The monoisotopic (exact) mass is 375 g/mol. The van der Waals surface area contributed by atoms with Gasteiger partial charge in [-0.15, -0.1) is 0 Å². The lowest BCUT2D eigenvalue weighted by Crippen LogP contribution is -2.82. The molecule has 1 aromatic rings. The summed E-state index contributed by atoms with van der Waals surface area (Å²) < 4.78 is 5.75. The Hall–Kier alpha value is -1.14. The van der Waals surface area contributed by atoms with Crippen molar-refractivity contribution < 1.29 is 9.53 Å². The molecule has 4 aliphatic rings. The normalized spacial score (nSPS) is 29.1. The molecule has 4 fully saturated rings. The fraction of sp³-hybridized carbons (Fsp3) is 0.650. The van der Waals surface area contributed by atoms with Crippen LogP contribution < -0.4 is 0 Å². The molecule has 1 unspecified atom stereocenters. The summed E-state index contributed by atoms with van der Waals surface area (Å²) in [5, 5.41) is 0.665. The van der Waals surface area contributed by atoms with Crippen molar-refractivity contribution in [3.8, 4) is 0 Å². The Morgan fingerprint density at radius 3 is 2.58 bits per heavy atom. The van der Waals surface area contributed by atoms with Crippen molar-refractivity contribution in [3.05, 3.63) is 34.9 Å². The van der Waals surface area contributed by atoms with Gasteiger partial charge in [-0.2, -0.15) is 0 Å². The molecule has 6 heteroatoms. The van der Waals surface area contributed by atoms with Gasteiger partial charge >= 0.3 is 0 Å². The van der Waals surface area contributed by atoms with Crippen LogP contribution in [0.25, 0.3) is 0 Å². The summed E-state index contributed by atoms with van der Waals surface area (Å²) in [6.45, 7) is 6.31. The summed E-state index contributed by atoms with van der Waals surface area (Å²) in [5.74, 6) is 0.119. The number of carbonyl (C=O) groups is 1. The summed E-state index contributed by atoms with van der Waals surface area (Å²) in [6.07, 6.45) is 4.06. The molecule has 1 aliphatic carbocycles. The van der Waals surface area contributed by atoms with E-state index in [9.17, 15) is 4.79 Å². The van der Waals surface area contributed by atoms with Crippen LogP contribution in [-0.2, 0) is 4.74 Å². The second-order valence-electron chi connectivity index (χ2n) is 8.33. The van der Waals surface area contributed by atoms with E-state index in [1.165, 1.54) is 19.3 Å². The molecule has 1 saturated carbocycles. The average Bonchev–Trinajstić information content (AvgIpc) is 2.58. The van der Waals surface area contributed by atoms with Gasteiger partial charge in [-0.1, -0.05) is 18.0 Å². The number of rotatable bonds is 2. The summed E-state index contributed by atoms with van der Waals surface area (Å²) >= 11 is 5.98. The van der Waals surface area contributed by atoms with Crippen LogP contribution in [0.3, 0.4) is 0 Å². The summed E-state index contributed by atoms with van der Waals surface area (Å²) in [7, 11) is 0. The zero-order chi connectivity index (χ0) is 17.7. The van der Waals surface area contributed by atoms with Gasteiger partial charge in [0.25, 0.3) is 5.91 Å². The van der Waals surface area contributed by atoms with Crippen LogP contribution in [0.2, 0.25) is 5.02 Å². The Kier molecular flexibility index (Phi) is 4.24. The first kappa shape index (κ1) is 17.0. The number of amides is 1. The first-order valence-electron chi connectivity index (χ1n) is 9.78. The Balaban J connectivity index is 1.36. The van der Waals surface area contributed by atoms with Crippen LogP contribution in [0.4, 0.5) is 0 Å². The van der Waals surface area contributed by atoms with E-state index >= 15 is 0 Å². The van der Waals surface area contributed by atoms with Crippen LogP contribution in [0.5, 0.6) is 0 Å². The number of hydrogen-bond acceptors (Lipinski definition) is 4. The van der Waals surface area contributed by atoms with E-state index in [-0.39, 0.29) is 11.4 Å². The summed E-state index contributed by atoms with van der Waals surface area (Å²) in [5.41, 5.74) is 0.842. The quantitative estimate of drug-likeness (QED) is 0.793. The predicted molar refractivity (Wildman–Crippen MR) is 101 cm³/mol. The van der Waals surface area contributed by atoms with Crippen molar-refractivity contribution in [2.45, 2.75) is 36.9 Å². The lowest BCUT2D eigenvalue weighted by atomic mass is 9.78. The molecular formula is C20H26ClN3O2. The standard InChI is InChI=1S/C20H26ClN3O2/c21-16-6-4-15(5-7-16)19(25)22-10-18-11-26-9-8-24(18)20(12-22)13-23(14-20)17-2-1-3-17/h4-7,17-18H,1-3,8-14H2. The molecule has 0 aromatic heterocycles. The Labute approximate surface area is 159 Å². The number of fused-ring (bicyclic) bond motifs is 2. The molecule has 1 spiro atoms. The molecule has 0 bridgehead atoms. The SMILES string of the molecule is O=C(c1ccc(Cl)cc1)N1CC2COCCN2C2(C1)CN(C1CCC1)C2. The summed E-state index contributed by atoms with van der Waals surface area (Å²) in [4.78, 5) is 20.4. The lowest BCUT2D eigenvalue weighted by molar-refractivity contribution is -0.171. The first-order chi connectivity index (χ1) is 12.6. The van der Waals surface area contributed by atoms with Gasteiger partial charge in [0.15, 0.2) is 0 Å². The van der Waals surface area contributed by atoms with Gasteiger partial charge in [-0.05, 0) is 37.1 Å². The number of carbonyl (C=O) groups excluding carboxylic acids is 1. The van der Waals surface area contributed by atoms with Crippen LogP contribution in [0, 0.1) is 0 Å². The number of nitrogens with zero attached hydrogens (tertiary/aromatic N) is 3. The van der Waals surface area contributed by atoms with Gasteiger partial charge in [-0.3, -0.25) is 14.6 Å². The minimum atomic E-state index is 0.115. The van der Waals surface area contributed by atoms with Crippen molar-refractivity contribution in [3.63, 3.8) is 0 Å². The zero-order valence-electron chi connectivity index (χ0n) is 15.1. The Morgan fingerprint density at radius 2 is 1.88 bits per heavy atom. The minimum Gasteiger partial charge on any atom is -0.378 e. The molecule has 0 N–H and O–H groups in total. The van der Waals surface area contributed by atoms with E-state index in [0.29, 0.717) is 11.1 Å². The van der Waals surface area contributed by atoms with Crippen molar-refractivity contribution in [2.24, 2.45) is 0 Å². The largest absolute Gasteiger partial charge is 0.378 e. The zero-order valence-corrected chi connectivity index (χ0v) is 15.8. The van der Waals surface area contributed by atoms with Crippen molar-refractivity contribution in [1.29, 1.82) is 0 Å². The number of morpholine rings is 1. The van der Waals surface area contributed by atoms with Gasteiger partial charge in [0.05, 0.1) is 24.8 Å². The number of likely N-dealkylation sites (tertiary alicyclic amines) is 1. The van der Waals surface area contributed by atoms with Crippen molar-refractivity contribution in [1.82, 2.24) is 14.7 Å². The second kappa shape index (κ2) is 6.48.